The highest BCUT2D eigenvalue weighted by Gasteiger charge is 2.38. The van der Waals surface area contributed by atoms with Crippen molar-refractivity contribution in [3.8, 4) is 0 Å². The molecule has 8 heteroatoms. The van der Waals surface area contributed by atoms with Gasteiger partial charge in [0.25, 0.3) is 0 Å². The first-order valence-corrected chi connectivity index (χ1v) is 13.2. The van der Waals surface area contributed by atoms with E-state index in [2.05, 4.69) is 43.9 Å². The zero-order valence-electron chi connectivity index (χ0n) is 21.0. The quantitative estimate of drug-likeness (QED) is 0.525. The van der Waals surface area contributed by atoms with E-state index in [0.717, 1.165) is 63.7 Å². The van der Waals surface area contributed by atoms with Crippen LogP contribution in [0.25, 0.3) is 0 Å². The monoisotopic (exact) mass is 481 g/mol. The van der Waals surface area contributed by atoms with Gasteiger partial charge in [0.1, 0.15) is 5.54 Å². The van der Waals surface area contributed by atoms with Crippen LogP contribution in [0.3, 0.4) is 0 Å². The minimum absolute atomic E-state index is 0.0384. The van der Waals surface area contributed by atoms with Crippen LogP contribution in [0.1, 0.15) is 94.0 Å². The molecule has 0 spiro atoms. The lowest BCUT2D eigenvalue weighted by Crippen LogP contribution is -2.45. The average molecular weight is 482 g/mol. The van der Waals surface area contributed by atoms with E-state index in [-0.39, 0.29) is 18.2 Å². The van der Waals surface area contributed by atoms with Gasteiger partial charge in [-0.15, -0.1) is 0 Å². The molecule has 1 aromatic heterocycles. The van der Waals surface area contributed by atoms with E-state index in [1.54, 1.807) is 0 Å². The number of benzene rings is 1. The second-order valence-electron chi connectivity index (χ2n) is 10.1. The van der Waals surface area contributed by atoms with Gasteiger partial charge in [0.05, 0.1) is 0 Å². The van der Waals surface area contributed by atoms with Gasteiger partial charge in [-0.2, -0.15) is 4.98 Å². The maximum absolute atomic E-state index is 12.6. The van der Waals surface area contributed by atoms with Crippen molar-refractivity contribution in [3.63, 3.8) is 0 Å². The van der Waals surface area contributed by atoms with Crippen molar-refractivity contribution >= 4 is 11.8 Å². The number of amides is 2. The molecule has 2 N–H and O–H groups in total. The van der Waals surface area contributed by atoms with Crippen LogP contribution in [0.5, 0.6) is 0 Å². The number of carbonyl (C=O) groups excluding carboxylic acids is 2. The minimum atomic E-state index is -0.565. The van der Waals surface area contributed by atoms with Gasteiger partial charge < -0.3 is 15.2 Å². The Hall–Kier alpha value is -2.74. The summed E-state index contributed by atoms with van der Waals surface area (Å²) in [5, 5.41) is 10.4. The zero-order valence-corrected chi connectivity index (χ0v) is 21.0. The van der Waals surface area contributed by atoms with Gasteiger partial charge in [-0.25, -0.2) is 0 Å². The molecule has 0 unspecified atom stereocenters. The van der Waals surface area contributed by atoms with E-state index in [0.29, 0.717) is 24.7 Å². The van der Waals surface area contributed by atoms with Crippen molar-refractivity contribution in [2.45, 2.75) is 96.2 Å². The van der Waals surface area contributed by atoms with Gasteiger partial charge in [0.2, 0.25) is 17.7 Å². The van der Waals surface area contributed by atoms with Gasteiger partial charge in [-0.1, -0.05) is 61.5 Å². The van der Waals surface area contributed by atoms with Crippen molar-refractivity contribution in [3.05, 3.63) is 47.1 Å². The maximum atomic E-state index is 12.6. The van der Waals surface area contributed by atoms with Crippen molar-refractivity contribution < 1.29 is 14.1 Å². The Morgan fingerprint density at radius 3 is 2.40 bits per heavy atom. The molecular weight excluding hydrogens is 442 g/mol. The number of hydrogen-bond donors (Lipinski definition) is 2. The Kier molecular flexibility index (Phi) is 8.90. The van der Waals surface area contributed by atoms with Crippen LogP contribution in [0, 0.1) is 0 Å². The summed E-state index contributed by atoms with van der Waals surface area (Å²) < 4.78 is 5.48. The number of aryl methyl sites for hydroxylation is 1. The van der Waals surface area contributed by atoms with Crippen LogP contribution in [0.4, 0.5) is 0 Å². The lowest BCUT2D eigenvalue weighted by Gasteiger charge is -2.30. The third-order valence-corrected chi connectivity index (χ3v) is 7.27. The van der Waals surface area contributed by atoms with Crippen molar-refractivity contribution in [2.24, 2.45) is 0 Å². The highest BCUT2D eigenvalue weighted by Crippen LogP contribution is 2.34. The van der Waals surface area contributed by atoms with Crippen molar-refractivity contribution in [1.82, 2.24) is 25.7 Å². The van der Waals surface area contributed by atoms with E-state index in [9.17, 15) is 9.59 Å². The predicted octanol–water partition coefficient (Wildman–Crippen LogP) is 3.99. The zero-order chi connectivity index (χ0) is 24.5. The van der Waals surface area contributed by atoms with E-state index < -0.39 is 5.54 Å². The molecule has 190 valence electrons. The molecule has 1 aliphatic heterocycles. The van der Waals surface area contributed by atoms with Crippen LogP contribution in [-0.2, 0) is 34.6 Å². The fourth-order valence-corrected chi connectivity index (χ4v) is 5.37. The third kappa shape index (κ3) is 7.13. The summed E-state index contributed by atoms with van der Waals surface area (Å²) in [6.45, 7) is 5.28. The third-order valence-electron chi connectivity index (χ3n) is 7.27. The summed E-state index contributed by atoms with van der Waals surface area (Å²) in [5.41, 5.74) is 1.88. The van der Waals surface area contributed by atoms with Gasteiger partial charge in [-0.3, -0.25) is 14.5 Å². The largest absolute Gasteiger partial charge is 0.352 e. The van der Waals surface area contributed by atoms with Crippen LogP contribution >= 0.6 is 0 Å². The molecule has 0 atom stereocenters. The number of nitrogens with one attached hydrogen (secondary N) is 2. The standard InChI is InChI=1S/C27H39N5O3/c1-21(33)30-27(15-7-2-3-8-16-27)26-29-25(35-31-26)14-13-24(34)28-19-22-11-5-6-12-23(22)20-32-17-9-4-10-18-32/h5-6,11-12H,2-4,7-10,13-20H2,1H3,(H,28,34)(H,30,33). The molecule has 1 aromatic carbocycles. The van der Waals surface area contributed by atoms with E-state index in [1.807, 2.05) is 6.07 Å². The number of hydrogen-bond acceptors (Lipinski definition) is 6. The van der Waals surface area contributed by atoms with Crippen molar-refractivity contribution in [1.29, 1.82) is 0 Å². The molecule has 0 radical (unpaired) electrons. The second kappa shape index (κ2) is 12.3. The topological polar surface area (TPSA) is 100 Å². The summed E-state index contributed by atoms with van der Waals surface area (Å²) in [5.74, 6) is 0.855. The first-order chi connectivity index (χ1) is 17.0. The maximum Gasteiger partial charge on any atom is 0.227 e. The van der Waals surface area contributed by atoms with Gasteiger partial charge >= 0.3 is 0 Å². The van der Waals surface area contributed by atoms with Crippen LogP contribution in [-0.4, -0.2) is 39.9 Å². The fraction of sp³-hybridized carbons (Fsp3) is 0.630. The predicted molar refractivity (Wildman–Crippen MR) is 133 cm³/mol. The van der Waals surface area contributed by atoms with Gasteiger partial charge in [0, 0.05) is 32.9 Å². The number of piperidine rings is 1. The number of rotatable bonds is 9. The number of nitrogens with zero attached hydrogens (tertiary/aromatic N) is 3. The molecule has 1 saturated carbocycles. The molecule has 8 nitrogen and oxygen atoms in total. The first kappa shape index (κ1) is 25.4. The fourth-order valence-electron chi connectivity index (χ4n) is 5.37. The molecule has 1 saturated heterocycles. The summed E-state index contributed by atoms with van der Waals surface area (Å²) in [7, 11) is 0. The normalized spacial score (nSPS) is 18.5. The molecule has 0 bridgehead atoms. The smallest absolute Gasteiger partial charge is 0.227 e. The molecule has 2 aliphatic rings. The highest BCUT2D eigenvalue weighted by molar-refractivity contribution is 5.76. The summed E-state index contributed by atoms with van der Waals surface area (Å²) in [6, 6.07) is 8.35. The average Bonchev–Trinajstić information content (AvgIpc) is 3.22. The van der Waals surface area contributed by atoms with E-state index >= 15 is 0 Å². The molecule has 2 aromatic rings. The highest BCUT2D eigenvalue weighted by atomic mass is 16.5. The second-order valence-corrected chi connectivity index (χ2v) is 10.1. The summed E-state index contributed by atoms with van der Waals surface area (Å²) in [4.78, 5) is 31.6. The lowest BCUT2D eigenvalue weighted by atomic mass is 9.89. The number of aromatic nitrogens is 2. The van der Waals surface area contributed by atoms with Gasteiger partial charge in [0.15, 0.2) is 5.82 Å². The Balaban J connectivity index is 1.30. The summed E-state index contributed by atoms with van der Waals surface area (Å²) in [6.07, 6.45) is 10.5. The Morgan fingerprint density at radius 1 is 1.00 bits per heavy atom. The number of likely N-dealkylation sites (tertiary alicyclic amines) is 1. The molecule has 1 aliphatic carbocycles. The molecular formula is C27H39N5O3. The van der Waals surface area contributed by atoms with Gasteiger partial charge in [-0.05, 0) is 49.9 Å². The first-order valence-electron chi connectivity index (χ1n) is 13.2. The Bertz CT molecular complexity index is 975. The Morgan fingerprint density at radius 2 is 1.69 bits per heavy atom. The molecule has 35 heavy (non-hydrogen) atoms. The van der Waals surface area contributed by atoms with Crippen LogP contribution in [0.2, 0.25) is 0 Å². The summed E-state index contributed by atoms with van der Waals surface area (Å²) >= 11 is 0. The van der Waals surface area contributed by atoms with Crippen molar-refractivity contribution in [2.75, 3.05) is 13.1 Å². The van der Waals surface area contributed by atoms with E-state index in [4.69, 9.17) is 4.52 Å². The van der Waals surface area contributed by atoms with Crippen LogP contribution < -0.4 is 10.6 Å². The molecule has 4 rings (SSSR count). The molecule has 2 amide bonds. The van der Waals surface area contributed by atoms with Crippen LogP contribution in [0.15, 0.2) is 28.8 Å². The lowest BCUT2D eigenvalue weighted by molar-refractivity contribution is -0.122. The SMILES string of the molecule is CC(=O)NC1(c2noc(CCC(=O)NCc3ccccc3CN3CCCCC3)n2)CCCCCC1. The van der Waals surface area contributed by atoms with E-state index in [1.165, 1.54) is 31.7 Å². The minimum Gasteiger partial charge on any atom is -0.352 e. The Labute approximate surface area is 208 Å². The molecule has 2 fully saturated rings. The number of carbonyl (C=O) groups is 2. The molecule has 2 heterocycles.